The molecule has 6 nitrogen and oxygen atoms in total. The summed E-state index contributed by atoms with van der Waals surface area (Å²) < 4.78 is 3.92. The Morgan fingerprint density at radius 3 is 2.41 bits per heavy atom. The van der Waals surface area contributed by atoms with Crippen molar-refractivity contribution in [3.63, 3.8) is 0 Å². The van der Waals surface area contributed by atoms with E-state index in [-0.39, 0.29) is 11.7 Å². The van der Waals surface area contributed by atoms with Crippen LogP contribution in [0.3, 0.4) is 0 Å². The van der Waals surface area contributed by atoms with E-state index in [4.69, 9.17) is 0 Å². The molecule has 1 aromatic carbocycles. The molecule has 2 aromatic rings. The maximum absolute atomic E-state index is 13.1. The highest BCUT2D eigenvalue weighted by molar-refractivity contribution is 5.77. The molecule has 4 fully saturated rings. The number of aryl methyl sites for hydroxylation is 1. The summed E-state index contributed by atoms with van der Waals surface area (Å²) in [5, 5.41) is 7.01. The topological polar surface area (TPSA) is 54.2 Å². The standard InChI is InChI=1S/C26H39N5O/c1-29-24-17-20(4-5-23(24)31(25(29)32)22-3-2-12-28-18-22)19-8-15-30(16-9-19)26(10-11-26)21-6-13-27-14-7-21/h4-5,17,19,21-22,27-28H,2-3,6-16,18H2,1H3. The molecule has 1 saturated carbocycles. The lowest BCUT2D eigenvalue weighted by molar-refractivity contribution is 0.0749. The van der Waals surface area contributed by atoms with Gasteiger partial charge in [0.15, 0.2) is 0 Å². The summed E-state index contributed by atoms with van der Waals surface area (Å²) in [5.74, 6) is 1.52. The second kappa shape index (κ2) is 8.30. The molecule has 2 N–H and O–H groups in total. The van der Waals surface area contributed by atoms with Gasteiger partial charge >= 0.3 is 5.69 Å². The van der Waals surface area contributed by atoms with E-state index in [1.165, 1.54) is 70.3 Å². The molecule has 0 bridgehead atoms. The number of piperidine rings is 3. The zero-order chi connectivity index (χ0) is 21.7. The van der Waals surface area contributed by atoms with Crippen molar-refractivity contribution in [3.8, 4) is 0 Å². The predicted molar refractivity (Wildman–Crippen MR) is 129 cm³/mol. The molecule has 3 aliphatic heterocycles. The van der Waals surface area contributed by atoms with Crippen LogP contribution in [0.1, 0.15) is 68.9 Å². The van der Waals surface area contributed by atoms with Crippen LogP contribution in [0.4, 0.5) is 0 Å². The van der Waals surface area contributed by atoms with E-state index in [9.17, 15) is 4.79 Å². The molecule has 32 heavy (non-hydrogen) atoms. The molecule has 0 spiro atoms. The minimum absolute atomic E-state index is 0.137. The molecule has 6 heteroatoms. The van der Waals surface area contributed by atoms with Gasteiger partial charge in [0.1, 0.15) is 0 Å². The molecule has 1 aliphatic carbocycles. The smallest absolute Gasteiger partial charge is 0.317 e. The number of rotatable bonds is 4. The van der Waals surface area contributed by atoms with Crippen LogP contribution in [0.2, 0.25) is 0 Å². The third-order valence-corrected chi connectivity index (χ3v) is 9.21. The lowest BCUT2D eigenvalue weighted by Gasteiger charge is -2.43. The molecular formula is C26H39N5O. The monoisotopic (exact) mass is 437 g/mol. The number of imidazole rings is 1. The Balaban J connectivity index is 1.20. The zero-order valence-electron chi connectivity index (χ0n) is 19.6. The fourth-order valence-corrected chi connectivity index (χ4v) is 7.17. The normalized spacial score (nSPS) is 27.7. The first-order chi connectivity index (χ1) is 15.7. The number of benzene rings is 1. The van der Waals surface area contributed by atoms with Crippen molar-refractivity contribution in [2.45, 2.75) is 68.9 Å². The Morgan fingerprint density at radius 2 is 1.72 bits per heavy atom. The van der Waals surface area contributed by atoms with Gasteiger partial charge in [-0.3, -0.25) is 14.0 Å². The summed E-state index contributed by atoms with van der Waals surface area (Å²) >= 11 is 0. The molecular weight excluding hydrogens is 398 g/mol. The summed E-state index contributed by atoms with van der Waals surface area (Å²) in [6.07, 6.45) is 10.3. The van der Waals surface area contributed by atoms with Crippen molar-refractivity contribution < 1.29 is 0 Å². The molecule has 3 saturated heterocycles. The Labute approximate surface area is 191 Å². The Kier molecular flexibility index (Phi) is 5.43. The van der Waals surface area contributed by atoms with Crippen molar-refractivity contribution in [2.24, 2.45) is 13.0 Å². The molecule has 174 valence electrons. The van der Waals surface area contributed by atoms with E-state index in [0.29, 0.717) is 11.5 Å². The van der Waals surface area contributed by atoms with E-state index in [0.717, 1.165) is 42.9 Å². The van der Waals surface area contributed by atoms with E-state index >= 15 is 0 Å². The molecule has 0 radical (unpaired) electrons. The third kappa shape index (κ3) is 3.46. The fraction of sp³-hybridized carbons (Fsp3) is 0.731. The van der Waals surface area contributed by atoms with Crippen LogP contribution < -0.4 is 16.3 Å². The Morgan fingerprint density at radius 1 is 0.938 bits per heavy atom. The van der Waals surface area contributed by atoms with Gasteiger partial charge in [0.05, 0.1) is 17.1 Å². The molecule has 1 aromatic heterocycles. The van der Waals surface area contributed by atoms with E-state index in [2.05, 4.69) is 33.7 Å². The van der Waals surface area contributed by atoms with Gasteiger partial charge in [-0.2, -0.15) is 0 Å². The number of hydrogen-bond donors (Lipinski definition) is 2. The maximum Gasteiger partial charge on any atom is 0.329 e. The van der Waals surface area contributed by atoms with Crippen LogP contribution in [-0.2, 0) is 7.05 Å². The number of aromatic nitrogens is 2. The highest BCUT2D eigenvalue weighted by atomic mass is 16.1. The van der Waals surface area contributed by atoms with Crippen molar-refractivity contribution in [2.75, 3.05) is 39.3 Å². The number of nitrogens with one attached hydrogen (secondary N) is 2. The summed E-state index contributed by atoms with van der Waals surface area (Å²) in [7, 11) is 1.94. The van der Waals surface area contributed by atoms with Gasteiger partial charge in [-0.15, -0.1) is 0 Å². The average molecular weight is 438 g/mol. The summed E-state index contributed by atoms with van der Waals surface area (Å²) in [6.45, 7) is 6.85. The van der Waals surface area contributed by atoms with Gasteiger partial charge in [-0.1, -0.05) is 6.07 Å². The number of fused-ring (bicyclic) bond motifs is 1. The summed E-state index contributed by atoms with van der Waals surface area (Å²) in [4.78, 5) is 15.9. The Bertz CT molecular complexity index is 1010. The van der Waals surface area contributed by atoms with Crippen LogP contribution in [0, 0.1) is 5.92 Å². The van der Waals surface area contributed by atoms with Crippen LogP contribution in [0.25, 0.3) is 11.0 Å². The zero-order valence-corrected chi connectivity index (χ0v) is 19.6. The first-order valence-electron chi connectivity index (χ1n) is 13.0. The lowest BCUT2D eigenvalue weighted by Crippen LogP contribution is -2.49. The van der Waals surface area contributed by atoms with Crippen molar-refractivity contribution >= 4 is 11.0 Å². The summed E-state index contributed by atoms with van der Waals surface area (Å²) in [5.41, 5.74) is 4.31. The second-order valence-electron chi connectivity index (χ2n) is 10.8. The molecule has 6 rings (SSSR count). The summed E-state index contributed by atoms with van der Waals surface area (Å²) in [6, 6.07) is 7.14. The van der Waals surface area contributed by atoms with E-state index in [1.807, 2.05) is 16.2 Å². The van der Waals surface area contributed by atoms with Crippen molar-refractivity contribution in [1.29, 1.82) is 0 Å². The fourth-order valence-electron chi connectivity index (χ4n) is 7.17. The van der Waals surface area contributed by atoms with Gasteiger partial charge in [-0.05, 0) is 114 Å². The molecule has 4 heterocycles. The molecule has 0 amide bonds. The average Bonchev–Trinajstić information content (AvgIpc) is 3.63. The Hall–Kier alpha value is -1.63. The van der Waals surface area contributed by atoms with Crippen LogP contribution >= 0.6 is 0 Å². The minimum atomic E-state index is 0.137. The van der Waals surface area contributed by atoms with E-state index < -0.39 is 0 Å². The van der Waals surface area contributed by atoms with Gasteiger partial charge in [0.25, 0.3) is 0 Å². The number of nitrogens with zero attached hydrogens (tertiary/aromatic N) is 3. The SMILES string of the molecule is Cn1c(=O)n(C2CCCNC2)c2ccc(C3CCN(C4(C5CCNCC5)CC4)CC3)cc21. The van der Waals surface area contributed by atoms with Crippen LogP contribution in [0.5, 0.6) is 0 Å². The molecule has 4 aliphatic rings. The van der Waals surface area contributed by atoms with E-state index in [1.54, 1.807) is 0 Å². The third-order valence-electron chi connectivity index (χ3n) is 9.21. The number of hydrogen-bond acceptors (Lipinski definition) is 4. The van der Waals surface area contributed by atoms with Gasteiger partial charge in [0, 0.05) is 19.1 Å². The highest BCUT2D eigenvalue weighted by Gasteiger charge is 2.53. The van der Waals surface area contributed by atoms with Crippen molar-refractivity contribution in [1.82, 2.24) is 24.7 Å². The second-order valence-corrected chi connectivity index (χ2v) is 10.8. The molecule has 1 atom stereocenters. The van der Waals surface area contributed by atoms with Crippen LogP contribution in [-0.4, -0.2) is 58.8 Å². The number of likely N-dealkylation sites (tertiary alicyclic amines) is 1. The first-order valence-corrected chi connectivity index (χ1v) is 13.0. The maximum atomic E-state index is 13.1. The minimum Gasteiger partial charge on any atom is -0.317 e. The molecule has 1 unspecified atom stereocenters. The van der Waals surface area contributed by atoms with Gasteiger partial charge in [0.2, 0.25) is 0 Å². The van der Waals surface area contributed by atoms with Gasteiger partial charge in [-0.25, -0.2) is 4.79 Å². The van der Waals surface area contributed by atoms with Crippen LogP contribution in [0.15, 0.2) is 23.0 Å². The highest BCUT2D eigenvalue weighted by Crippen LogP contribution is 2.52. The quantitative estimate of drug-likeness (QED) is 0.772. The largest absolute Gasteiger partial charge is 0.329 e. The van der Waals surface area contributed by atoms with Gasteiger partial charge < -0.3 is 10.6 Å². The van der Waals surface area contributed by atoms with Crippen molar-refractivity contribution in [3.05, 3.63) is 34.2 Å². The lowest BCUT2D eigenvalue weighted by atomic mass is 9.83. The predicted octanol–water partition coefficient (Wildman–Crippen LogP) is 2.98. The first kappa shape index (κ1) is 20.9.